The molecule has 0 aliphatic rings. The van der Waals surface area contributed by atoms with E-state index in [0.29, 0.717) is 12.1 Å². The summed E-state index contributed by atoms with van der Waals surface area (Å²) in [6.07, 6.45) is 0. The van der Waals surface area contributed by atoms with Gasteiger partial charge in [0.25, 0.3) is 5.91 Å². The molecule has 0 saturated carbocycles. The fourth-order valence-electron chi connectivity index (χ4n) is 0.908. The van der Waals surface area contributed by atoms with E-state index in [9.17, 15) is 4.79 Å². The van der Waals surface area contributed by atoms with Crippen LogP contribution in [0.4, 0.5) is 0 Å². The van der Waals surface area contributed by atoms with Crippen molar-refractivity contribution in [1.82, 2.24) is 5.32 Å². The molecule has 0 fully saturated rings. The summed E-state index contributed by atoms with van der Waals surface area (Å²) in [5.41, 5.74) is 0.633. The first-order chi connectivity index (χ1) is 6.59. The molecular weight excluding hydrogens is 310 g/mol. The van der Waals surface area contributed by atoms with Gasteiger partial charge in [0, 0.05) is 21.1 Å². The van der Waals surface area contributed by atoms with E-state index in [1.54, 1.807) is 12.1 Å². The molecule has 1 aromatic carbocycles. The lowest BCUT2D eigenvalue weighted by Crippen LogP contribution is -2.24. The van der Waals surface area contributed by atoms with Crippen molar-refractivity contribution in [1.29, 1.82) is 0 Å². The fourth-order valence-corrected chi connectivity index (χ4v) is 1.45. The SMILES string of the molecule is C=C(Br)CNC(=O)c1cccc(Br)c1. The minimum atomic E-state index is -0.105. The average molecular weight is 319 g/mol. The highest BCUT2D eigenvalue weighted by Crippen LogP contribution is 2.11. The molecule has 1 N–H and O–H groups in total. The molecule has 1 aromatic rings. The van der Waals surface area contributed by atoms with Crippen LogP contribution in [0.1, 0.15) is 10.4 Å². The number of halogens is 2. The number of nitrogens with one attached hydrogen (secondary N) is 1. The third-order valence-electron chi connectivity index (χ3n) is 1.53. The Bertz CT molecular complexity index is 363. The van der Waals surface area contributed by atoms with E-state index in [0.717, 1.165) is 8.96 Å². The fraction of sp³-hybridized carbons (Fsp3) is 0.100. The maximum absolute atomic E-state index is 11.5. The molecule has 0 unspecified atom stereocenters. The van der Waals surface area contributed by atoms with Crippen LogP contribution < -0.4 is 5.32 Å². The Kier molecular flexibility index (Phi) is 4.35. The molecule has 14 heavy (non-hydrogen) atoms. The maximum Gasteiger partial charge on any atom is 0.251 e. The number of carbonyl (C=O) groups excluding carboxylic acids is 1. The first kappa shape index (κ1) is 11.5. The number of carbonyl (C=O) groups is 1. The Balaban J connectivity index is 2.65. The standard InChI is InChI=1S/C10H9Br2NO/c1-7(11)6-13-10(14)8-3-2-4-9(12)5-8/h2-5H,1,6H2,(H,13,14). The van der Waals surface area contributed by atoms with Gasteiger partial charge < -0.3 is 5.32 Å². The van der Waals surface area contributed by atoms with Gasteiger partial charge >= 0.3 is 0 Å². The summed E-state index contributed by atoms with van der Waals surface area (Å²) in [7, 11) is 0. The number of hydrogen-bond acceptors (Lipinski definition) is 1. The predicted octanol–water partition coefficient (Wildman–Crippen LogP) is 3.09. The summed E-state index contributed by atoms with van der Waals surface area (Å²) in [5, 5.41) is 2.72. The van der Waals surface area contributed by atoms with Gasteiger partial charge in [-0.2, -0.15) is 0 Å². The van der Waals surface area contributed by atoms with E-state index in [4.69, 9.17) is 0 Å². The molecule has 1 amide bonds. The molecule has 0 radical (unpaired) electrons. The second kappa shape index (κ2) is 5.32. The first-order valence-corrected chi connectivity index (χ1v) is 5.55. The molecule has 0 saturated heterocycles. The molecular formula is C10H9Br2NO. The lowest BCUT2D eigenvalue weighted by Gasteiger charge is -2.03. The zero-order chi connectivity index (χ0) is 10.6. The Morgan fingerprint density at radius 3 is 2.79 bits per heavy atom. The third-order valence-corrected chi connectivity index (χ3v) is 2.30. The van der Waals surface area contributed by atoms with Gasteiger partial charge in [0.05, 0.1) is 0 Å². The Hall–Kier alpha value is -0.610. The van der Waals surface area contributed by atoms with Gasteiger partial charge in [0.1, 0.15) is 0 Å². The van der Waals surface area contributed by atoms with Gasteiger partial charge in [0.15, 0.2) is 0 Å². The van der Waals surface area contributed by atoms with Crippen molar-refractivity contribution in [3.8, 4) is 0 Å². The maximum atomic E-state index is 11.5. The smallest absolute Gasteiger partial charge is 0.251 e. The summed E-state index contributed by atoms with van der Waals surface area (Å²) in [4.78, 5) is 11.5. The van der Waals surface area contributed by atoms with E-state index < -0.39 is 0 Å². The predicted molar refractivity (Wildman–Crippen MR) is 64.5 cm³/mol. The van der Waals surface area contributed by atoms with Crippen molar-refractivity contribution >= 4 is 37.8 Å². The Morgan fingerprint density at radius 1 is 1.50 bits per heavy atom. The summed E-state index contributed by atoms with van der Waals surface area (Å²) >= 11 is 6.48. The van der Waals surface area contributed by atoms with Crippen LogP contribution in [0.2, 0.25) is 0 Å². The van der Waals surface area contributed by atoms with Gasteiger partial charge in [-0.1, -0.05) is 44.5 Å². The van der Waals surface area contributed by atoms with Crippen LogP contribution in [0, 0.1) is 0 Å². The first-order valence-electron chi connectivity index (χ1n) is 3.96. The van der Waals surface area contributed by atoms with Crippen LogP contribution in [0.15, 0.2) is 39.8 Å². The molecule has 0 aliphatic carbocycles. The van der Waals surface area contributed by atoms with Gasteiger partial charge in [-0.15, -0.1) is 0 Å². The largest absolute Gasteiger partial charge is 0.347 e. The number of hydrogen-bond donors (Lipinski definition) is 1. The average Bonchev–Trinajstić information content (AvgIpc) is 2.14. The molecule has 0 atom stereocenters. The summed E-state index contributed by atoms with van der Waals surface area (Å²) < 4.78 is 1.64. The van der Waals surface area contributed by atoms with Crippen LogP contribution in [0.5, 0.6) is 0 Å². The zero-order valence-electron chi connectivity index (χ0n) is 7.39. The Labute approximate surface area is 99.6 Å². The quantitative estimate of drug-likeness (QED) is 0.911. The van der Waals surface area contributed by atoms with E-state index in [2.05, 4.69) is 43.8 Å². The molecule has 0 aliphatic heterocycles. The van der Waals surface area contributed by atoms with Crippen LogP contribution >= 0.6 is 31.9 Å². The minimum absolute atomic E-state index is 0.105. The number of rotatable bonds is 3. The highest BCUT2D eigenvalue weighted by molar-refractivity contribution is 9.11. The number of amides is 1. The second-order valence-corrected chi connectivity index (χ2v) is 4.75. The van der Waals surface area contributed by atoms with Gasteiger partial charge in [-0.05, 0) is 18.2 Å². The van der Waals surface area contributed by atoms with E-state index in [-0.39, 0.29) is 5.91 Å². The van der Waals surface area contributed by atoms with Crippen molar-refractivity contribution in [3.05, 3.63) is 45.4 Å². The van der Waals surface area contributed by atoms with Crippen molar-refractivity contribution in [3.63, 3.8) is 0 Å². The van der Waals surface area contributed by atoms with Gasteiger partial charge in [0.2, 0.25) is 0 Å². The molecule has 0 spiro atoms. The van der Waals surface area contributed by atoms with Crippen molar-refractivity contribution in [2.24, 2.45) is 0 Å². The van der Waals surface area contributed by atoms with Crippen LogP contribution in [-0.2, 0) is 0 Å². The van der Waals surface area contributed by atoms with Crippen molar-refractivity contribution in [2.75, 3.05) is 6.54 Å². The molecule has 2 nitrogen and oxygen atoms in total. The highest BCUT2D eigenvalue weighted by atomic mass is 79.9. The summed E-state index contributed by atoms with van der Waals surface area (Å²) in [6.45, 7) is 4.07. The topological polar surface area (TPSA) is 29.1 Å². The van der Waals surface area contributed by atoms with E-state index >= 15 is 0 Å². The molecule has 0 aromatic heterocycles. The normalized spacial score (nSPS) is 9.57. The van der Waals surface area contributed by atoms with Crippen molar-refractivity contribution < 1.29 is 4.79 Å². The zero-order valence-corrected chi connectivity index (χ0v) is 10.6. The molecule has 1 rings (SSSR count). The van der Waals surface area contributed by atoms with Crippen molar-refractivity contribution in [2.45, 2.75) is 0 Å². The monoisotopic (exact) mass is 317 g/mol. The van der Waals surface area contributed by atoms with Crippen LogP contribution in [0.3, 0.4) is 0 Å². The summed E-state index contributed by atoms with van der Waals surface area (Å²) in [6, 6.07) is 7.23. The lowest BCUT2D eigenvalue weighted by atomic mass is 10.2. The van der Waals surface area contributed by atoms with E-state index in [1.165, 1.54) is 0 Å². The Morgan fingerprint density at radius 2 is 2.21 bits per heavy atom. The van der Waals surface area contributed by atoms with Gasteiger partial charge in [-0.3, -0.25) is 4.79 Å². The van der Waals surface area contributed by atoms with Crippen LogP contribution in [0.25, 0.3) is 0 Å². The molecule has 0 heterocycles. The third kappa shape index (κ3) is 3.64. The minimum Gasteiger partial charge on any atom is -0.347 e. The van der Waals surface area contributed by atoms with Gasteiger partial charge in [-0.25, -0.2) is 0 Å². The molecule has 74 valence electrons. The second-order valence-electron chi connectivity index (χ2n) is 2.71. The highest BCUT2D eigenvalue weighted by Gasteiger charge is 2.04. The molecule has 0 bridgehead atoms. The lowest BCUT2D eigenvalue weighted by molar-refractivity contribution is 0.0957. The molecule has 4 heteroatoms. The summed E-state index contributed by atoms with van der Waals surface area (Å²) in [5.74, 6) is -0.105. The van der Waals surface area contributed by atoms with Crippen LogP contribution in [-0.4, -0.2) is 12.5 Å². The number of benzene rings is 1. The van der Waals surface area contributed by atoms with E-state index in [1.807, 2.05) is 12.1 Å².